The van der Waals surface area contributed by atoms with Crippen LogP contribution in [0.2, 0.25) is 0 Å². The van der Waals surface area contributed by atoms with E-state index >= 15 is 0 Å². The van der Waals surface area contributed by atoms with Crippen LogP contribution in [0.4, 0.5) is 5.69 Å². The first-order chi connectivity index (χ1) is 9.83. The summed E-state index contributed by atoms with van der Waals surface area (Å²) < 4.78 is 0. The largest absolute Gasteiger partial charge is 0.371 e. The van der Waals surface area contributed by atoms with Crippen LogP contribution in [-0.4, -0.2) is 41.2 Å². The highest BCUT2D eigenvalue weighted by atomic mass is 32.2. The summed E-state index contributed by atoms with van der Waals surface area (Å²) in [6.07, 6.45) is 9.04. The van der Waals surface area contributed by atoms with Gasteiger partial charge in [0.15, 0.2) is 0 Å². The van der Waals surface area contributed by atoms with Gasteiger partial charge in [-0.15, -0.1) is 0 Å². The number of hydrogen-bond donors (Lipinski definition) is 1. The molecule has 3 heterocycles. The molecule has 2 fully saturated rings. The number of aromatic nitrogens is 1. The van der Waals surface area contributed by atoms with E-state index in [1.807, 2.05) is 12.4 Å². The van der Waals surface area contributed by atoms with Crippen LogP contribution < -0.4 is 10.2 Å². The first-order valence-corrected chi connectivity index (χ1v) is 8.90. The minimum absolute atomic E-state index is 0.708. The van der Waals surface area contributed by atoms with Gasteiger partial charge in [-0.1, -0.05) is 6.92 Å². The molecule has 0 bridgehead atoms. The topological polar surface area (TPSA) is 28.2 Å². The van der Waals surface area contributed by atoms with Crippen molar-refractivity contribution < 1.29 is 0 Å². The molecule has 0 aliphatic carbocycles. The highest BCUT2D eigenvalue weighted by Crippen LogP contribution is 2.27. The van der Waals surface area contributed by atoms with Crippen molar-refractivity contribution in [3.63, 3.8) is 0 Å². The predicted octanol–water partition coefficient (Wildman–Crippen LogP) is 2.92. The summed E-state index contributed by atoms with van der Waals surface area (Å²) in [5, 5.41) is 4.70. The van der Waals surface area contributed by atoms with Crippen LogP contribution >= 0.6 is 11.8 Å². The summed E-state index contributed by atoms with van der Waals surface area (Å²) in [7, 11) is 0. The van der Waals surface area contributed by atoms with Gasteiger partial charge in [-0.3, -0.25) is 4.98 Å². The van der Waals surface area contributed by atoms with Crippen molar-refractivity contribution in [2.75, 3.05) is 23.7 Å². The van der Waals surface area contributed by atoms with E-state index in [1.165, 1.54) is 37.1 Å². The molecular formula is C16H25N3S. The molecule has 1 aromatic heterocycles. The predicted molar refractivity (Wildman–Crippen MR) is 87.5 cm³/mol. The van der Waals surface area contributed by atoms with E-state index in [0.717, 1.165) is 24.4 Å². The van der Waals surface area contributed by atoms with E-state index in [2.05, 4.69) is 46.0 Å². The fraction of sp³-hybridized carbons (Fsp3) is 0.688. The first kappa shape index (κ1) is 14.2. The van der Waals surface area contributed by atoms with Crippen molar-refractivity contribution in [3.8, 4) is 0 Å². The number of pyridine rings is 1. The fourth-order valence-electron chi connectivity index (χ4n) is 3.30. The van der Waals surface area contributed by atoms with E-state index in [-0.39, 0.29) is 0 Å². The monoisotopic (exact) mass is 291 g/mol. The third-order valence-electron chi connectivity index (χ3n) is 4.58. The van der Waals surface area contributed by atoms with Gasteiger partial charge in [0, 0.05) is 48.5 Å². The molecule has 0 amide bonds. The number of piperidine rings is 1. The molecular weight excluding hydrogens is 266 g/mol. The van der Waals surface area contributed by atoms with Crippen LogP contribution in [-0.2, 0) is 0 Å². The molecule has 3 nitrogen and oxygen atoms in total. The number of nitrogens with zero attached hydrogens (tertiary/aromatic N) is 2. The van der Waals surface area contributed by atoms with Gasteiger partial charge >= 0.3 is 0 Å². The Morgan fingerprint density at radius 2 is 1.95 bits per heavy atom. The molecule has 1 aromatic rings. The molecule has 3 rings (SSSR count). The van der Waals surface area contributed by atoms with Crippen LogP contribution in [0, 0.1) is 0 Å². The standard InChI is InChI=1S/C16H25N3S/c1-13-16(3-2-12-20-13)18-14-6-10-19(11-7-14)15-4-8-17-9-5-15/h4-5,8-9,13-14,16,18H,2-3,6-7,10-12H2,1H3. The van der Waals surface area contributed by atoms with E-state index < -0.39 is 0 Å². The van der Waals surface area contributed by atoms with Crippen molar-refractivity contribution in [2.45, 2.75) is 49.9 Å². The maximum Gasteiger partial charge on any atom is 0.0397 e. The van der Waals surface area contributed by atoms with Crippen LogP contribution in [0.3, 0.4) is 0 Å². The molecule has 0 radical (unpaired) electrons. The SMILES string of the molecule is CC1SCCCC1NC1CCN(c2ccncc2)CC1. The second kappa shape index (κ2) is 6.81. The summed E-state index contributed by atoms with van der Waals surface area (Å²) >= 11 is 2.13. The molecule has 0 aromatic carbocycles. The van der Waals surface area contributed by atoms with Gasteiger partial charge < -0.3 is 10.2 Å². The van der Waals surface area contributed by atoms with Gasteiger partial charge in [-0.25, -0.2) is 0 Å². The third-order valence-corrected chi connectivity index (χ3v) is 5.96. The van der Waals surface area contributed by atoms with Crippen molar-refractivity contribution in [2.24, 2.45) is 0 Å². The Morgan fingerprint density at radius 3 is 2.65 bits per heavy atom. The molecule has 20 heavy (non-hydrogen) atoms. The van der Waals surface area contributed by atoms with Gasteiger partial charge in [-0.2, -0.15) is 11.8 Å². The Balaban J connectivity index is 1.49. The average Bonchev–Trinajstić information content (AvgIpc) is 2.51. The summed E-state index contributed by atoms with van der Waals surface area (Å²) in [6.45, 7) is 4.71. The zero-order valence-corrected chi connectivity index (χ0v) is 13.1. The van der Waals surface area contributed by atoms with Crippen LogP contribution in [0.1, 0.15) is 32.6 Å². The molecule has 1 N–H and O–H groups in total. The summed E-state index contributed by atoms with van der Waals surface area (Å²) in [4.78, 5) is 6.58. The minimum Gasteiger partial charge on any atom is -0.371 e. The maximum absolute atomic E-state index is 4.10. The Labute approximate surface area is 126 Å². The smallest absolute Gasteiger partial charge is 0.0397 e. The molecule has 4 heteroatoms. The highest BCUT2D eigenvalue weighted by Gasteiger charge is 2.26. The highest BCUT2D eigenvalue weighted by molar-refractivity contribution is 7.99. The summed E-state index contributed by atoms with van der Waals surface area (Å²) in [6, 6.07) is 5.67. The zero-order chi connectivity index (χ0) is 13.8. The summed E-state index contributed by atoms with van der Waals surface area (Å²) in [5.74, 6) is 1.35. The van der Waals surface area contributed by atoms with E-state index in [1.54, 1.807) is 0 Å². The normalized spacial score (nSPS) is 28.6. The number of thioether (sulfide) groups is 1. The van der Waals surface area contributed by atoms with E-state index in [4.69, 9.17) is 0 Å². The van der Waals surface area contributed by atoms with Crippen molar-refractivity contribution in [1.29, 1.82) is 0 Å². The molecule has 0 saturated carbocycles. The molecule has 2 atom stereocenters. The lowest BCUT2D eigenvalue weighted by Gasteiger charge is -2.38. The van der Waals surface area contributed by atoms with Crippen LogP contribution in [0.25, 0.3) is 0 Å². The summed E-state index contributed by atoms with van der Waals surface area (Å²) in [5.41, 5.74) is 1.32. The molecule has 0 spiro atoms. The van der Waals surface area contributed by atoms with Crippen molar-refractivity contribution in [3.05, 3.63) is 24.5 Å². The second-order valence-electron chi connectivity index (χ2n) is 5.96. The lowest BCUT2D eigenvalue weighted by Crippen LogP contribution is -2.49. The number of hydrogen-bond acceptors (Lipinski definition) is 4. The van der Waals surface area contributed by atoms with Gasteiger partial charge in [0.05, 0.1) is 0 Å². The fourth-order valence-corrected chi connectivity index (χ4v) is 4.46. The number of rotatable bonds is 3. The van der Waals surface area contributed by atoms with Gasteiger partial charge in [0.2, 0.25) is 0 Å². The molecule has 2 saturated heterocycles. The lowest BCUT2D eigenvalue weighted by molar-refractivity contribution is 0.347. The average molecular weight is 291 g/mol. The molecule has 2 aliphatic rings. The van der Waals surface area contributed by atoms with E-state index in [9.17, 15) is 0 Å². The van der Waals surface area contributed by atoms with E-state index in [0.29, 0.717) is 6.04 Å². The number of anilines is 1. The van der Waals surface area contributed by atoms with Crippen LogP contribution in [0.5, 0.6) is 0 Å². The lowest BCUT2D eigenvalue weighted by atomic mass is 10.0. The van der Waals surface area contributed by atoms with Crippen molar-refractivity contribution >= 4 is 17.4 Å². The molecule has 110 valence electrons. The van der Waals surface area contributed by atoms with Gasteiger partial charge in [-0.05, 0) is 43.6 Å². The zero-order valence-electron chi connectivity index (χ0n) is 12.3. The quantitative estimate of drug-likeness (QED) is 0.927. The van der Waals surface area contributed by atoms with Crippen LogP contribution in [0.15, 0.2) is 24.5 Å². The Kier molecular flexibility index (Phi) is 4.84. The minimum atomic E-state index is 0.708. The molecule has 2 unspecified atom stereocenters. The third kappa shape index (κ3) is 3.47. The van der Waals surface area contributed by atoms with Gasteiger partial charge in [0.1, 0.15) is 0 Å². The second-order valence-corrected chi connectivity index (χ2v) is 7.44. The Bertz CT molecular complexity index is 403. The van der Waals surface area contributed by atoms with Crippen molar-refractivity contribution in [1.82, 2.24) is 10.3 Å². The van der Waals surface area contributed by atoms with Gasteiger partial charge in [0.25, 0.3) is 0 Å². The Hall–Kier alpha value is -0.740. The first-order valence-electron chi connectivity index (χ1n) is 7.85. The maximum atomic E-state index is 4.10. The molecule has 2 aliphatic heterocycles. The number of nitrogens with one attached hydrogen (secondary N) is 1. The Morgan fingerprint density at radius 1 is 1.20 bits per heavy atom.